The van der Waals surface area contributed by atoms with Gasteiger partial charge in [-0.05, 0) is 13.3 Å². The molecule has 0 N–H and O–H groups in total. The van der Waals surface area contributed by atoms with Crippen LogP contribution in [0.1, 0.15) is 33.6 Å². The van der Waals surface area contributed by atoms with Crippen molar-refractivity contribution in [3.63, 3.8) is 0 Å². The lowest BCUT2D eigenvalue weighted by atomic mass is 10.3. The summed E-state index contributed by atoms with van der Waals surface area (Å²) >= 11 is 6.76. The molecule has 0 aromatic rings. The molecule has 0 bridgehead atoms. The van der Waals surface area contributed by atoms with Crippen LogP contribution >= 0.6 is 24.0 Å². The molecule has 0 rings (SSSR count). The van der Waals surface area contributed by atoms with Crippen molar-refractivity contribution in [3.05, 3.63) is 0 Å². The summed E-state index contributed by atoms with van der Waals surface area (Å²) < 4.78 is 1.07. The second-order valence-electron chi connectivity index (χ2n) is 2.21. The maximum absolute atomic E-state index is 4.95. The van der Waals surface area contributed by atoms with Crippen molar-refractivity contribution < 1.29 is 0 Å². The van der Waals surface area contributed by atoms with Crippen LogP contribution in [-0.2, 0) is 0 Å². The SMILES string of the molecule is CCCC(C)SC(C)=S. The predicted molar refractivity (Wildman–Crippen MR) is 50.2 cm³/mol. The molecule has 0 aromatic heterocycles. The molecule has 54 valence electrons. The first-order valence-electron chi connectivity index (χ1n) is 3.34. The highest BCUT2D eigenvalue weighted by Crippen LogP contribution is 2.16. The largest absolute Gasteiger partial charge is 0.116 e. The Morgan fingerprint density at radius 3 is 2.56 bits per heavy atom. The maximum atomic E-state index is 4.95. The Morgan fingerprint density at radius 2 is 2.22 bits per heavy atom. The Kier molecular flexibility index (Phi) is 5.50. The van der Waals surface area contributed by atoms with E-state index < -0.39 is 0 Å². The molecule has 1 unspecified atom stereocenters. The third-order valence-electron chi connectivity index (χ3n) is 1.06. The van der Waals surface area contributed by atoms with Gasteiger partial charge in [0, 0.05) is 9.45 Å². The summed E-state index contributed by atoms with van der Waals surface area (Å²) in [6.07, 6.45) is 2.54. The van der Waals surface area contributed by atoms with Crippen molar-refractivity contribution in [2.45, 2.75) is 38.9 Å². The Bertz CT molecular complexity index is 88.9. The van der Waals surface area contributed by atoms with Gasteiger partial charge in [-0.25, -0.2) is 0 Å². The molecule has 0 amide bonds. The molecule has 0 aromatic carbocycles. The van der Waals surface area contributed by atoms with Gasteiger partial charge in [0.15, 0.2) is 0 Å². The Labute approximate surface area is 67.4 Å². The van der Waals surface area contributed by atoms with E-state index in [1.165, 1.54) is 12.8 Å². The van der Waals surface area contributed by atoms with Crippen LogP contribution in [0.4, 0.5) is 0 Å². The number of rotatable bonds is 3. The van der Waals surface area contributed by atoms with Crippen LogP contribution in [0.15, 0.2) is 0 Å². The first kappa shape index (κ1) is 9.44. The van der Waals surface area contributed by atoms with E-state index >= 15 is 0 Å². The summed E-state index contributed by atoms with van der Waals surface area (Å²) in [5.74, 6) is 0. The normalized spacial score (nSPS) is 13.2. The molecule has 0 radical (unpaired) electrons. The third-order valence-corrected chi connectivity index (χ3v) is 2.32. The van der Waals surface area contributed by atoms with Crippen LogP contribution in [-0.4, -0.2) is 9.45 Å². The molecule has 0 nitrogen and oxygen atoms in total. The fourth-order valence-electron chi connectivity index (χ4n) is 0.749. The lowest BCUT2D eigenvalue weighted by Gasteiger charge is -2.06. The van der Waals surface area contributed by atoms with Crippen molar-refractivity contribution in [2.24, 2.45) is 0 Å². The van der Waals surface area contributed by atoms with Crippen LogP contribution in [0.25, 0.3) is 0 Å². The van der Waals surface area contributed by atoms with Gasteiger partial charge in [0.2, 0.25) is 0 Å². The summed E-state index contributed by atoms with van der Waals surface area (Å²) in [6.45, 7) is 6.42. The highest BCUT2D eigenvalue weighted by Gasteiger charge is 2.00. The number of thioether (sulfide) groups is 1. The average Bonchev–Trinajstić information content (AvgIpc) is 1.63. The molecule has 2 heteroatoms. The van der Waals surface area contributed by atoms with E-state index in [-0.39, 0.29) is 0 Å². The van der Waals surface area contributed by atoms with Crippen LogP contribution in [0.2, 0.25) is 0 Å². The summed E-state index contributed by atoms with van der Waals surface area (Å²) in [5, 5.41) is 0.715. The van der Waals surface area contributed by atoms with Crippen LogP contribution in [0.3, 0.4) is 0 Å². The molecule has 9 heavy (non-hydrogen) atoms. The van der Waals surface area contributed by atoms with Gasteiger partial charge in [-0.2, -0.15) is 0 Å². The maximum Gasteiger partial charge on any atom is 0.0450 e. The van der Waals surface area contributed by atoms with Crippen molar-refractivity contribution in [1.82, 2.24) is 0 Å². The van der Waals surface area contributed by atoms with Crippen molar-refractivity contribution >= 4 is 28.2 Å². The van der Waals surface area contributed by atoms with E-state index in [0.717, 1.165) is 4.20 Å². The van der Waals surface area contributed by atoms with Gasteiger partial charge < -0.3 is 0 Å². The minimum atomic E-state index is 0.715. The van der Waals surface area contributed by atoms with Crippen LogP contribution < -0.4 is 0 Å². The number of hydrogen-bond donors (Lipinski definition) is 0. The first-order valence-corrected chi connectivity index (χ1v) is 4.62. The Balaban J connectivity index is 3.26. The lowest BCUT2D eigenvalue weighted by Crippen LogP contribution is -1.96. The quantitative estimate of drug-likeness (QED) is 0.584. The highest BCUT2D eigenvalue weighted by atomic mass is 32.2. The molecule has 0 aliphatic carbocycles. The minimum absolute atomic E-state index is 0.715. The molecule has 0 saturated carbocycles. The van der Waals surface area contributed by atoms with Gasteiger partial charge in [-0.1, -0.05) is 32.5 Å². The van der Waals surface area contributed by atoms with Gasteiger partial charge in [0.1, 0.15) is 0 Å². The zero-order valence-corrected chi connectivity index (χ0v) is 7.94. The lowest BCUT2D eigenvalue weighted by molar-refractivity contribution is 0.790. The van der Waals surface area contributed by atoms with Gasteiger partial charge in [-0.15, -0.1) is 11.8 Å². The standard InChI is InChI=1S/C7H14S2/c1-4-5-6(2)9-7(3)8/h6H,4-5H2,1-3H3. The van der Waals surface area contributed by atoms with Crippen molar-refractivity contribution in [1.29, 1.82) is 0 Å². The molecule has 0 fully saturated rings. The van der Waals surface area contributed by atoms with E-state index in [4.69, 9.17) is 12.2 Å². The third kappa shape index (κ3) is 6.32. The Hall–Kier alpha value is 0.440. The predicted octanol–water partition coefficient (Wildman–Crippen LogP) is 3.26. The van der Waals surface area contributed by atoms with Gasteiger partial charge in [-0.3, -0.25) is 0 Å². The van der Waals surface area contributed by atoms with Crippen molar-refractivity contribution in [3.8, 4) is 0 Å². The molecule has 0 spiro atoms. The van der Waals surface area contributed by atoms with Gasteiger partial charge in [0.25, 0.3) is 0 Å². The van der Waals surface area contributed by atoms with Crippen LogP contribution in [0, 0.1) is 0 Å². The van der Waals surface area contributed by atoms with Gasteiger partial charge >= 0.3 is 0 Å². The second kappa shape index (κ2) is 5.24. The molecule has 0 heterocycles. The number of thiocarbonyl (C=S) groups is 1. The Morgan fingerprint density at radius 1 is 1.67 bits per heavy atom. The van der Waals surface area contributed by atoms with E-state index in [1.807, 2.05) is 18.7 Å². The smallest absolute Gasteiger partial charge is 0.0450 e. The molecule has 1 atom stereocenters. The first-order chi connectivity index (χ1) is 4.16. The average molecular weight is 162 g/mol. The fourth-order valence-corrected chi connectivity index (χ4v) is 2.16. The topological polar surface area (TPSA) is 0 Å². The van der Waals surface area contributed by atoms with Crippen molar-refractivity contribution in [2.75, 3.05) is 0 Å². The monoisotopic (exact) mass is 162 g/mol. The fraction of sp³-hybridized carbons (Fsp3) is 0.857. The summed E-state index contributed by atoms with van der Waals surface area (Å²) in [6, 6.07) is 0. The summed E-state index contributed by atoms with van der Waals surface area (Å²) in [5.41, 5.74) is 0. The zero-order valence-electron chi connectivity index (χ0n) is 6.31. The van der Waals surface area contributed by atoms with E-state index in [1.54, 1.807) is 0 Å². The summed E-state index contributed by atoms with van der Waals surface area (Å²) in [4.78, 5) is 0. The molecule has 0 aliphatic heterocycles. The molecule has 0 saturated heterocycles. The second-order valence-corrected chi connectivity index (χ2v) is 4.73. The minimum Gasteiger partial charge on any atom is -0.116 e. The summed E-state index contributed by atoms with van der Waals surface area (Å²) in [7, 11) is 0. The van der Waals surface area contributed by atoms with Crippen LogP contribution in [0.5, 0.6) is 0 Å². The van der Waals surface area contributed by atoms with Gasteiger partial charge in [0.05, 0.1) is 0 Å². The molecule has 0 aliphatic rings. The zero-order chi connectivity index (χ0) is 7.28. The number of hydrogen-bond acceptors (Lipinski definition) is 2. The highest BCUT2D eigenvalue weighted by molar-refractivity contribution is 8.23. The molecular weight excluding hydrogens is 148 g/mol. The molecular formula is C7H14S2. The van der Waals surface area contributed by atoms with E-state index in [9.17, 15) is 0 Å². The van der Waals surface area contributed by atoms with E-state index in [0.29, 0.717) is 5.25 Å². The van der Waals surface area contributed by atoms with E-state index in [2.05, 4.69) is 13.8 Å².